The van der Waals surface area contributed by atoms with Crippen molar-refractivity contribution in [3.05, 3.63) is 101 Å². The molecular weight excluding hydrogens is 500 g/mol. The summed E-state index contributed by atoms with van der Waals surface area (Å²) >= 11 is 6.32. The van der Waals surface area contributed by atoms with Crippen LogP contribution in [0.15, 0.2) is 85.1 Å². The Labute approximate surface area is 227 Å². The van der Waals surface area contributed by atoms with Gasteiger partial charge < -0.3 is 9.64 Å². The van der Waals surface area contributed by atoms with E-state index < -0.39 is 0 Å². The fraction of sp³-hybridized carbons (Fsp3) is 0.233. The summed E-state index contributed by atoms with van der Waals surface area (Å²) in [7, 11) is 0. The number of nitrogens with zero attached hydrogens (tertiary/aromatic N) is 3. The lowest BCUT2D eigenvalue weighted by atomic mass is 10.1. The number of carbonyl (C=O) groups is 2. The number of hydrogen-bond acceptors (Lipinski definition) is 4. The maximum Gasteiger partial charge on any atom is 0.255 e. The van der Waals surface area contributed by atoms with Gasteiger partial charge in [-0.2, -0.15) is 0 Å². The molecule has 8 heteroatoms. The summed E-state index contributed by atoms with van der Waals surface area (Å²) in [6.07, 6.45) is 3.56. The Morgan fingerprint density at radius 1 is 1.08 bits per heavy atom. The Morgan fingerprint density at radius 3 is 2.61 bits per heavy atom. The predicted molar refractivity (Wildman–Crippen MR) is 149 cm³/mol. The number of ether oxygens (including phenoxy) is 1. The molecular formula is C30H29ClN4O3. The SMILES string of the molecule is Cc1cccc(-n2cc(-c3ccccc3)nc2NC(=O)CN(CC2CCCO2)C(=O)c2ccccc2Cl)c1. The first-order chi connectivity index (χ1) is 18.5. The summed E-state index contributed by atoms with van der Waals surface area (Å²) in [6, 6.07) is 24.6. The van der Waals surface area contributed by atoms with Gasteiger partial charge in [-0.15, -0.1) is 0 Å². The van der Waals surface area contributed by atoms with Crippen molar-refractivity contribution in [2.45, 2.75) is 25.9 Å². The highest BCUT2D eigenvalue weighted by Gasteiger charge is 2.27. The molecule has 7 nitrogen and oxygen atoms in total. The summed E-state index contributed by atoms with van der Waals surface area (Å²) in [4.78, 5) is 33.1. The summed E-state index contributed by atoms with van der Waals surface area (Å²) < 4.78 is 7.62. The lowest BCUT2D eigenvalue weighted by molar-refractivity contribution is -0.117. The fourth-order valence-electron chi connectivity index (χ4n) is 4.59. The molecule has 5 rings (SSSR count). The van der Waals surface area contributed by atoms with Crippen LogP contribution in [0.25, 0.3) is 16.9 Å². The van der Waals surface area contributed by atoms with Crippen molar-refractivity contribution < 1.29 is 14.3 Å². The van der Waals surface area contributed by atoms with E-state index in [-0.39, 0.29) is 24.5 Å². The molecule has 1 aliphatic rings. The molecule has 2 amide bonds. The number of hydrogen-bond donors (Lipinski definition) is 1. The number of anilines is 1. The van der Waals surface area contributed by atoms with Gasteiger partial charge in [-0.3, -0.25) is 19.5 Å². The molecule has 1 N–H and O–H groups in total. The zero-order valence-electron chi connectivity index (χ0n) is 21.1. The first-order valence-electron chi connectivity index (χ1n) is 12.6. The lowest BCUT2D eigenvalue weighted by Crippen LogP contribution is -2.42. The Morgan fingerprint density at radius 2 is 1.87 bits per heavy atom. The Hall–Kier alpha value is -3.94. The van der Waals surface area contributed by atoms with Crippen molar-refractivity contribution in [3.8, 4) is 16.9 Å². The van der Waals surface area contributed by atoms with Crippen LogP contribution in [0.2, 0.25) is 5.02 Å². The standard InChI is InChI=1S/C30H29ClN4O3/c1-21-9-7-12-23(17-21)35-19-27(22-10-3-2-4-11-22)32-30(35)33-28(36)20-34(18-24-13-8-16-38-24)29(37)25-14-5-6-15-26(25)31/h2-7,9-12,14-15,17,19,24H,8,13,16,18,20H2,1H3,(H,32,33,36). The lowest BCUT2D eigenvalue weighted by Gasteiger charge is -2.25. The van der Waals surface area contributed by atoms with Gasteiger partial charge in [0.2, 0.25) is 11.9 Å². The number of amides is 2. The molecule has 194 valence electrons. The zero-order valence-corrected chi connectivity index (χ0v) is 21.9. The molecule has 0 bridgehead atoms. The van der Waals surface area contributed by atoms with E-state index in [9.17, 15) is 9.59 Å². The first kappa shape index (κ1) is 25.7. The van der Waals surface area contributed by atoms with E-state index in [4.69, 9.17) is 21.3 Å². The second kappa shape index (κ2) is 11.6. The Kier molecular flexibility index (Phi) is 7.86. The minimum atomic E-state index is -0.359. The molecule has 1 aliphatic heterocycles. The monoisotopic (exact) mass is 528 g/mol. The van der Waals surface area contributed by atoms with Crippen LogP contribution in [0.5, 0.6) is 0 Å². The minimum absolute atomic E-state index is 0.117. The summed E-state index contributed by atoms with van der Waals surface area (Å²) in [5.41, 5.74) is 3.97. The predicted octanol–water partition coefficient (Wildman–Crippen LogP) is 5.76. The number of imidazole rings is 1. The van der Waals surface area contributed by atoms with Gasteiger partial charge in [0, 0.05) is 30.6 Å². The van der Waals surface area contributed by atoms with Gasteiger partial charge in [0.1, 0.15) is 6.54 Å². The van der Waals surface area contributed by atoms with E-state index in [1.54, 1.807) is 24.3 Å². The smallest absolute Gasteiger partial charge is 0.255 e. The van der Waals surface area contributed by atoms with E-state index in [1.807, 2.05) is 72.3 Å². The number of rotatable bonds is 8. The first-order valence-corrected chi connectivity index (χ1v) is 13.0. The second-order valence-corrected chi connectivity index (χ2v) is 9.78. The van der Waals surface area contributed by atoms with Gasteiger partial charge >= 0.3 is 0 Å². The van der Waals surface area contributed by atoms with Gasteiger partial charge in [0.25, 0.3) is 5.91 Å². The summed E-state index contributed by atoms with van der Waals surface area (Å²) in [5.74, 6) is -0.294. The molecule has 1 atom stereocenters. The third-order valence-electron chi connectivity index (χ3n) is 6.48. The molecule has 1 fully saturated rings. The van der Waals surface area contributed by atoms with Crippen LogP contribution in [0.4, 0.5) is 5.95 Å². The minimum Gasteiger partial charge on any atom is -0.376 e. The number of benzene rings is 3. The van der Waals surface area contributed by atoms with Crippen molar-refractivity contribution in [1.82, 2.24) is 14.5 Å². The van der Waals surface area contributed by atoms with Crippen LogP contribution in [0, 0.1) is 6.92 Å². The van der Waals surface area contributed by atoms with Crippen molar-refractivity contribution in [2.24, 2.45) is 0 Å². The molecule has 1 aromatic heterocycles. The third kappa shape index (κ3) is 5.96. The number of aromatic nitrogens is 2. The van der Waals surface area contributed by atoms with Gasteiger partial charge in [-0.1, -0.05) is 66.2 Å². The van der Waals surface area contributed by atoms with Crippen LogP contribution in [-0.2, 0) is 9.53 Å². The maximum absolute atomic E-state index is 13.4. The highest BCUT2D eigenvalue weighted by Crippen LogP contribution is 2.25. The Balaban J connectivity index is 1.42. The normalized spacial score (nSPS) is 14.8. The quantitative estimate of drug-likeness (QED) is 0.315. The zero-order chi connectivity index (χ0) is 26.5. The summed E-state index contributed by atoms with van der Waals surface area (Å²) in [6.45, 7) is 2.81. The number of nitrogens with one attached hydrogen (secondary N) is 1. The van der Waals surface area contributed by atoms with E-state index in [2.05, 4.69) is 5.32 Å². The fourth-order valence-corrected chi connectivity index (χ4v) is 4.80. The average molecular weight is 529 g/mol. The van der Waals surface area contributed by atoms with E-state index in [1.165, 1.54) is 4.90 Å². The molecule has 0 spiro atoms. The topological polar surface area (TPSA) is 76.5 Å². The van der Waals surface area contributed by atoms with Crippen LogP contribution in [0.1, 0.15) is 28.8 Å². The van der Waals surface area contributed by atoms with Crippen LogP contribution >= 0.6 is 11.6 Å². The van der Waals surface area contributed by atoms with Gasteiger partial charge in [-0.25, -0.2) is 4.98 Å². The van der Waals surface area contributed by atoms with Crippen LogP contribution in [-0.4, -0.2) is 52.1 Å². The van der Waals surface area contributed by atoms with Crippen molar-refractivity contribution >= 4 is 29.4 Å². The van der Waals surface area contributed by atoms with E-state index in [0.29, 0.717) is 29.7 Å². The number of carbonyl (C=O) groups excluding carboxylic acids is 2. The highest BCUT2D eigenvalue weighted by molar-refractivity contribution is 6.33. The van der Waals surface area contributed by atoms with Gasteiger partial charge in [-0.05, 0) is 49.6 Å². The van der Waals surface area contributed by atoms with Gasteiger partial charge in [0.15, 0.2) is 0 Å². The average Bonchev–Trinajstić information content (AvgIpc) is 3.59. The van der Waals surface area contributed by atoms with E-state index in [0.717, 1.165) is 35.3 Å². The molecule has 1 unspecified atom stereocenters. The molecule has 38 heavy (non-hydrogen) atoms. The second-order valence-electron chi connectivity index (χ2n) is 9.37. The molecule has 0 radical (unpaired) electrons. The van der Waals surface area contributed by atoms with Crippen LogP contribution < -0.4 is 5.32 Å². The molecule has 0 saturated carbocycles. The van der Waals surface area contributed by atoms with E-state index >= 15 is 0 Å². The maximum atomic E-state index is 13.4. The molecule has 0 aliphatic carbocycles. The molecule has 2 heterocycles. The van der Waals surface area contributed by atoms with Crippen molar-refractivity contribution in [3.63, 3.8) is 0 Å². The van der Waals surface area contributed by atoms with Gasteiger partial charge in [0.05, 0.1) is 22.4 Å². The van der Waals surface area contributed by atoms with Crippen LogP contribution in [0.3, 0.4) is 0 Å². The highest BCUT2D eigenvalue weighted by atomic mass is 35.5. The van der Waals surface area contributed by atoms with Crippen molar-refractivity contribution in [2.75, 3.05) is 25.0 Å². The molecule has 3 aromatic carbocycles. The summed E-state index contributed by atoms with van der Waals surface area (Å²) in [5, 5.41) is 3.29. The van der Waals surface area contributed by atoms with Crippen molar-refractivity contribution in [1.29, 1.82) is 0 Å². The number of halogens is 1. The third-order valence-corrected chi connectivity index (χ3v) is 6.81. The molecule has 1 saturated heterocycles. The largest absolute Gasteiger partial charge is 0.376 e. The number of aryl methyl sites for hydroxylation is 1. The Bertz CT molecular complexity index is 1430. The molecule has 4 aromatic rings.